The Morgan fingerprint density at radius 1 is 1.50 bits per heavy atom. The molecular formula is C10H16N2O2. The van der Waals surface area contributed by atoms with Gasteiger partial charge in [0, 0.05) is 5.69 Å². The summed E-state index contributed by atoms with van der Waals surface area (Å²) in [5.74, 6) is -0.393. The molecule has 1 rings (SSSR count). The first-order valence-electron chi connectivity index (χ1n) is 4.51. The second kappa shape index (κ2) is 3.44. The van der Waals surface area contributed by atoms with Crippen molar-refractivity contribution < 1.29 is 9.53 Å². The van der Waals surface area contributed by atoms with Gasteiger partial charge in [-0.05, 0) is 33.8 Å². The molecular weight excluding hydrogens is 180 g/mol. The molecule has 0 spiro atoms. The van der Waals surface area contributed by atoms with Gasteiger partial charge in [0.2, 0.25) is 0 Å². The van der Waals surface area contributed by atoms with Crippen LogP contribution in [0.25, 0.3) is 0 Å². The van der Waals surface area contributed by atoms with Crippen molar-refractivity contribution in [3.05, 3.63) is 17.5 Å². The lowest BCUT2D eigenvalue weighted by atomic mass is 10.1. The zero-order valence-electron chi connectivity index (χ0n) is 9.29. The van der Waals surface area contributed by atoms with E-state index in [1.54, 1.807) is 6.07 Å². The number of aromatic nitrogens is 2. The zero-order chi connectivity index (χ0) is 10.9. The van der Waals surface area contributed by atoms with Gasteiger partial charge in [-0.25, -0.2) is 4.79 Å². The number of ether oxygens (including phenoxy) is 1. The molecule has 0 N–H and O–H groups in total. The molecule has 0 fully saturated rings. The van der Waals surface area contributed by atoms with Crippen LogP contribution in [0.3, 0.4) is 0 Å². The van der Waals surface area contributed by atoms with Crippen molar-refractivity contribution in [2.45, 2.75) is 33.2 Å². The standard InChI is InChI=1S/C10H16N2O2/c1-7-6-8(9(13)14-5)11-12(7)10(2,3)4/h6H,1-5H3. The summed E-state index contributed by atoms with van der Waals surface area (Å²) in [6, 6.07) is 1.73. The summed E-state index contributed by atoms with van der Waals surface area (Å²) < 4.78 is 6.42. The van der Waals surface area contributed by atoms with E-state index in [2.05, 4.69) is 9.84 Å². The van der Waals surface area contributed by atoms with Crippen molar-refractivity contribution in [1.82, 2.24) is 9.78 Å². The summed E-state index contributed by atoms with van der Waals surface area (Å²) in [4.78, 5) is 11.2. The molecule has 0 saturated heterocycles. The van der Waals surface area contributed by atoms with Crippen molar-refractivity contribution in [2.24, 2.45) is 0 Å². The van der Waals surface area contributed by atoms with Crippen molar-refractivity contribution in [1.29, 1.82) is 0 Å². The fourth-order valence-corrected chi connectivity index (χ4v) is 1.36. The summed E-state index contributed by atoms with van der Waals surface area (Å²) >= 11 is 0. The van der Waals surface area contributed by atoms with Gasteiger partial charge in [0.05, 0.1) is 12.6 Å². The summed E-state index contributed by atoms with van der Waals surface area (Å²) in [6.07, 6.45) is 0. The first-order valence-corrected chi connectivity index (χ1v) is 4.51. The van der Waals surface area contributed by atoms with E-state index in [1.807, 2.05) is 32.4 Å². The molecule has 78 valence electrons. The number of aryl methyl sites for hydroxylation is 1. The van der Waals surface area contributed by atoms with Crippen LogP contribution in [0.15, 0.2) is 6.07 Å². The van der Waals surface area contributed by atoms with Gasteiger partial charge in [0.15, 0.2) is 5.69 Å². The smallest absolute Gasteiger partial charge is 0.358 e. The Hall–Kier alpha value is -1.32. The van der Waals surface area contributed by atoms with Crippen molar-refractivity contribution in [3.8, 4) is 0 Å². The molecule has 0 bridgehead atoms. The Bertz CT molecular complexity index is 347. The van der Waals surface area contributed by atoms with Crippen LogP contribution in [-0.2, 0) is 10.3 Å². The predicted molar refractivity (Wildman–Crippen MR) is 53.3 cm³/mol. The summed E-state index contributed by atoms with van der Waals surface area (Å²) in [6.45, 7) is 8.03. The van der Waals surface area contributed by atoms with E-state index >= 15 is 0 Å². The Kier molecular flexibility index (Phi) is 2.64. The average molecular weight is 196 g/mol. The molecule has 0 amide bonds. The van der Waals surface area contributed by atoms with Gasteiger partial charge in [-0.15, -0.1) is 0 Å². The highest BCUT2D eigenvalue weighted by Crippen LogP contribution is 2.16. The molecule has 0 unspecified atom stereocenters. The van der Waals surface area contributed by atoms with Gasteiger partial charge in [0.1, 0.15) is 0 Å². The Morgan fingerprint density at radius 3 is 2.43 bits per heavy atom. The molecule has 1 aromatic rings. The number of hydrogen-bond acceptors (Lipinski definition) is 3. The minimum absolute atomic E-state index is 0.115. The first kappa shape index (κ1) is 10.8. The van der Waals surface area contributed by atoms with Crippen LogP contribution in [0.1, 0.15) is 37.0 Å². The maximum Gasteiger partial charge on any atom is 0.358 e. The van der Waals surface area contributed by atoms with Crippen molar-refractivity contribution >= 4 is 5.97 Å². The van der Waals surface area contributed by atoms with Crippen LogP contribution in [0.2, 0.25) is 0 Å². The molecule has 0 atom stereocenters. The zero-order valence-corrected chi connectivity index (χ0v) is 9.29. The van der Waals surface area contributed by atoms with Gasteiger partial charge in [-0.2, -0.15) is 5.10 Å². The lowest BCUT2D eigenvalue weighted by molar-refractivity contribution is 0.0592. The normalized spacial score (nSPS) is 11.5. The summed E-state index contributed by atoms with van der Waals surface area (Å²) in [5, 5.41) is 4.19. The van der Waals surface area contributed by atoms with Crippen LogP contribution in [0.5, 0.6) is 0 Å². The lowest BCUT2D eigenvalue weighted by Crippen LogP contribution is -2.24. The minimum atomic E-state index is -0.393. The summed E-state index contributed by atoms with van der Waals surface area (Å²) in [7, 11) is 1.35. The molecule has 0 aliphatic heterocycles. The molecule has 1 heterocycles. The third-order valence-corrected chi connectivity index (χ3v) is 1.92. The highest BCUT2D eigenvalue weighted by molar-refractivity contribution is 5.87. The SMILES string of the molecule is COC(=O)c1cc(C)n(C(C)(C)C)n1. The number of carbonyl (C=O) groups excluding carboxylic acids is 1. The Labute approximate surface area is 83.9 Å². The van der Waals surface area contributed by atoms with Gasteiger partial charge >= 0.3 is 5.97 Å². The van der Waals surface area contributed by atoms with E-state index in [4.69, 9.17) is 0 Å². The Morgan fingerprint density at radius 2 is 2.07 bits per heavy atom. The topological polar surface area (TPSA) is 44.1 Å². The predicted octanol–water partition coefficient (Wildman–Crippen LogP) is 1.73. The van der Waals surface area contributed by atoms with E-state index in [1.165, 1.54) is 7.11 Å². The molecule has 1 aromatic heterocycles. The van der Waals surface area contributed by atoms with E-state index in [-0.39, 0.29) is 5.54 Å². The van der Waals surface area contributed by atoms with Crippen molar-refractivity contribution in [3.63, 3.8) is 0 Å². The van der Waals surface area contributed by atoms with Gasteiger partial charge in [0.25, 0.3) is 0 Å². The maximum atomic E-state index is 11.2. The van der Waals surface area contributed by atoms with Crippen molar-refractivity contribution in [2.75, 3.05) is 7.11 Å². The van der Waals surface area contributed by atoms with Crippen LogP contribution in [-0.4, -0.2) is 22.9 Å². The minimum Gasteiger partial charge on any atom is -0.464 e. The van der Waals surface area contributed by atoms with Crippen LogP contribution in [0.4, 0.5) is 0 Å². The third-order valence-electron chi connectivity index (χ3n) is 1.92. The summed E-state index contributed by atoms with van der Waals surface area (Å²) in [5.41, 5.74) is 1.20. The quantitative estimate of drug-likeness (QED) is 0.642. The number of carbonyl (C=O) groups is 1. The fraction of sp³-hybridized carbons (Fsp3) is 0.600. The van der Waals surface area contributed by atoms with Crippen LogP contribution < -0.4 is 0 Å². The molecule has 0 aromatic carbocycles. The van der Waals surface area contributed by atoms with E-state index < -0.39 is 5.97 Å². The molecule has 4 nitrogen and oxygen atoms in total. The maximum absolute atomic E-state index is 11.2. The van der Waals surface area contributed by atoms with Gasteiger partial charge < -0.3 is 4.74 Å². The van der Waals surface area contributed by atoms with E-state index in [0.29, 0.717) is 5.69 Å². The van der Waals surface area contributed by atoms with Gasteiger partial charge in [-0.3, -0.25) is 4.68 Å². The molecule has 14 heavy (non-hydrogen) atoms. The average Bonchev–Trinajstić information content (AvgIpc) is 2.45. The second-order valence-corrected chi connectivity index (χ2v) is 4.25. The number of methoxy groups -OCH3 is 1. The highest BCUT2D eigenvalue weighted by Gasteiger charge is 2.20. The Balaban J connectivity index is 3.12. The molecule has 0 aliphatic carbocycles. The highest BCUT2D eigenvalue weighted by atomic mass is 16.5. The molecule has 0 radical (unpaired) electrons. The molecule has 0 aliphatic rings. The number of hydrogen-bond donors (Lipinski definition) is 0. The van der Waals surface area contributed by atoms with Crippen LogP contribution >= 0.6 is 0 Å². The molecule has 4 heteroatoms. The number of nitrogens with zero attached hydrogens (tertiary/aromatic N) is 2. The second-order valence-electron chi connectivity index (χ2n) is 4.25. The largest absolute Gasteiger partial charge is 0.464 e. The molecule has 0 saturated carbocycles. The van der Waals surface area contributed by atoms with Gasteiger partial charge in [-0.1, -0.05) is 0 Å². The number of rotatable bonds is 1. The lowest BCUT2D eigenvalue weighted by Gasteiger charge is -2.20. The number of esters is 1. The first-order chi connectivity index (χ1) is 6.36. The fourth-order valence-electron chi connectivity index (χ4n) is 1.36. The third kappa shape index (κ3) is 1.95. The van der Waals surface area contributed by atoms with E-state index in [0.717, 1.165) is 5.69 Å². The van der Waals surface area contributed by atoms with Crippen LogP contribution in [0, 0.1) is 6.92 Å². The monoisotopic (exact) mass is 196 g/mol. The van der Waals surface area contributed by atoms with E-state index in [9.17, 15) is 4.79 Å².